The topological polar surface area (TPSA) is 94.2 Å². The number of rotatable bonds is 6. The van der Waals surface area contributed by atoms with E-state index in [1.807, 2.05) is 23.8 Å². The predicted octanol–water partition coefficient (Wildman–Crippen LogP) is 2.63. The van der Waals surface area contributed by atoms with Crippen LogP contribution in [-0.2, 0) is 19.1 Å². The van der Waals surface area contributed by atoms with Crippen LogP contribution in [-0.4, -0.2) is 55.7 Å². The average Bonchev–Trinajstić information content (AvgIpc) is 3.54. The fourth-order valence-corrected chi connectivity index (χ4v) is 6.45. The van der Waals surface area contributed by atoms with Crippen LogP contribution in [0.1, 0.15) is 17.3 Å². The number of ether oxygens (including phenoxy) is 3. The van der Waals surface area contributed by atoms with Gasteiger partial charge >= 0.3 is 5.97 Å². The Morgan fingerprint density at radius 3 is 2.73 bits per heavy atom. The monoisotopic (exact) mass is 488 g/mol. The molecule has 5 rings (SSSR count). The van der Waals surface area contributed by atoms with Crippen LogP contribution in [0.5, 0.6) is 11.5 Å². The summed E-state index contributed by atoms with van der Waals surface area (Å²) in [5.41, 5.74) is -0.871. The zero-order valence-corrected chi connectivity index (χ0v) is 19.9. The van der Waals surface area contributed by atoms with E-state index in [1.54, 1.807) is 30.0 Å². The molecular weight excluding hydrogens is 464 g/mol. The van der Waals surface area contributed by atoms with Gasteiger partial charge in [0, 0.05) is 10.9 Å². The minimum Gasteiger partial charge on any atom is -0.486 e. The maximum Gasteiger partial charge on any atom is 0.326 e. The number of esters is 1. The van der Waals surface area contributed by atoms with Crippen molar-refractivity contribution in [1.82, 2.24) is 5.32 Å². The number of thioether (sulfide) groups is 1. The van der Waals surface area contributed by atoms with Gasteiger partial charge in [0.1, 0.15) is 18.8 Å². The number of amides is 2. The summed E-state index contributed by atoms with van der Waals surface area (Å²) in [7, 11) is 1.32. The van der Waals surface area contributed by atoms with Crippen molar-refractivity contribution in [1.29, 1.82) is 0 Å². The molecule has 0 aliphatic carbocycles. The Balaban J connectivity index is 1.60. The molecule has 10 heteroatoms. The number of nitrogens with zero attached hydrogens (tertiary/aromatic N) is 1. The number of fused-ring (bicyclic) bond motifs is 2. The van der Waals surface area contributed by atoms with Crippen LogP contribution in [0.3, 0.4) is 0 Å². The molecule has 4 atom stereocenters. The number of carbonyl (C=O) groups is 3. The highest BCUT2D eigenvalue weighted by atomic mass is 32.2. The van der Waals surface area contributed by atoms with Crippen LogP contribution in [0, 0.1) is 11.8 Å². The van der Waals surface area contributed by atoms with Gasteiger partial charge in [0.15, 0.2) is 11.5 Å². The second-order valence-corrected chi connectivity index (χ2v) is 10.2. The largest absolute Gasteiger partial charge is 0.486 e. The van der Waals surface area contributed by atoms with Crippen LogP contribution < -0.4 is 19.7 Å². The summed E-state index contributed by atoms with van der Waals surface area (Å²) in [5, 5.41) is 5.31. The van der Waals surface area contributed by atoms with E-state index in [9.17, 15) is 14.4 Å². The van der Waals surface area contributed by atoms with Gasteiger partial charge < -0.3 is 14.2 Å². The van der Waals surface area contributed by atoms with Crippen molar-refractivity contribution >= 4 is 46.6 Å². The van der Waals surface area contributed by atoms with E-state index in [0.717, 1.165) is 4.88 Å². The van der Waals surface area contributed by atoms with Gasteiger partial charge in [-0.15, -0.1) is 11.3 Å². The van der Waals surface area contributed by atoms with E-state index >= 15 is 0 Å². The molecule has 1 N–H and O–H groups in total. The number of methoxy groups -OCH3 is 1. The highest BCUT2D eigenvalue weighted by Crippen LogP contribution is 2.52. The van der Waals surface area contributed by atoms with Gasteiger partial charge in [-0.3, -0.25) is 19.7 Å². The third-order valence-electron chi connectivity index (χ3n) is 6.54. The molecular formula is C23H24N2O6S2. The predicted molar refractivity (Wildman–Crippen MR) is 125 cm³/mol. The fourth-order valence-electron chi connectivity index (χ4n) is 5.11. The summed E-state index contributed by atoms with van der Waals surface area (Å²) in [6, 6.07) is 8.40. The summed E-state index contributed by atoms with van der Waals surface area (Å²) in [4.78, 5) is 42.9. The van der Waals surface area contributed by atoms with Gasteiger partial charge in [-0.1, -0.05) is 6.07 Å². The molecule has 0 unspecified atom stereocenters. The summed E-state index contributed by atoms with van der Waals surface area (Å²) in [6.45, 7) is 0.845. The summed E-state index contributed by atoms with van der Waals surface area (Å²) >= 11 is 3.07. The van der Waals surface area contributed by atoms with Gasteiger partial charge in [0.2, 0.25) is 11.8 Å². The Bertz CT molecular complexity index is 1090. The Morgan fingerprint density at radius 2 is 2.03 bits per heavy atom. The molecule has 2 amide bonds. The number of anilines is 1. The van der Waals surface area contributed by atoms with Gasteiger partial charge in [0.05, 0.1) is 30.7 Å². The maximum absolute atomic E-state index is 13.9. The van der Waals surface area contributed by atoms with Crippen molar-refractivity contribution in [3.63, 3.8) is 0 Å². The SMILES string of the molecule is COC(=O)[C@]1(CCSC)N[C@H](c2cccs2)[C@H]2C(=O)N(c3ccc4c(c3)OCCO4)C(=O)[C@H]21. The lowest BCUT2D eigenvalue weighted by Crippen LogP contribution is -2.56. The van der Waals surface area contributed by atoms with E-state index < -0.39 is 35.3 Å². The molecule has 4 heterocycles. The molecule has 3 aliphatic heterocycles. The van der Waals surface area contributed by atoms with Crippen LogP contribution in [0.4, 0.5) is 5.69 Å². The number of nitrogens with one attached hydrogen (secondary N) is 1. The molecule has 2 saturated heterocycles. The molecule has 0 radical (unpaired) electrons. The van der Waals surface area contributed by atoms with Crippen LogP contribution in [0.15, 0.2) is 35.7 Å². The van der Waals surface area contributed by atoms with Crippen molar-refractivity contribution < 1.29 is 28.6 Å². The van der Waals surface area contributed by atoms with Gasteiger partial charge in [-0.05, 0) is 42.0 Å². The third-order valence-corrected chi connectivity index (χ3v) is 8.11. The van der Waals surface area contributed by atoms with Gasteiger partial charge in [-0.25, -0.2) is 4.90 Å². The lowest BCUT2D eigenvalue weighted by atomic mass is 9.78. The van der Waals surface area contributed by atoms with E-state index in [0.29, 0.717) is 42.6 Å². The third kappa shape index (κ3) is 3.43. The van der Waals surface area contributed by atoms with Crippen molar-refractivity contribution in [2.24, 2.45) is 11.8 Å². The lowest BCUT2D eigenvalue weighted by Gasteiger charge is -2.32. The summed E-state index contributed by atoms with van der Waals surface area (Å²) < 4.78 is 16.4. The summed E-state index contributed by atoms with van der Waals surface area (Å²) in [5.74, 6) is -1.14. The number of hydrogen-bond acceptors (Lipinski definition) is 9. The minimum absolute atomic E-state index is 0.331. The lowest BCUT2D eigenvalue weighted by molar-refractivity contribution is -0.152. The number of imide groups is 1. The van der Waals surface area contributed by atoms with Crippen LogP contribution >= 0.6 is 23.1 Å². The molecule has 2 fully saturated rings. The van der Waals surface area contributed by atoms with E-state index in [2.05, 4.69) is 5.32 Å². The minimum atomic E-state index is -1.29. The Labute approximate surface area is 199 Å². The first-order valence-corrected chi connectivity index (χ1v) is 12.9. The zero-order valence-electron chi connectivity index (χ0n) is 18.2. The molecule has 0 saturated carbocycles. The second kappa shape index (κ2) is 8.66. The smallest absolute Gasteiger partial charge is 0.326 e. The van der Waals surface area contributed by atoms with E-state index in [4.69, 9.17) is 14.2 Å². The fraction of sp³-hybridized carbons (Fsp3) is 0.435. The van der Waals surface area contributed by atoms with E-state index in [-0.39, 0.29) is 5.91 Å². The molecule has 1 aromatic heterocycles. The van der Waals surface area contributed by atoms with Gasteiger partial charge in [-0.2, -0.15) is 11.8 Å². The average molecular weight is 489 g/mol. The molecule has 3 aliphatic rings. The Hall–Kier alpha value is -2.56. The Morgan fingerprint density at radius 1 is 1.24 bits per heavy atom. The van der Waals surface area contributed by atoms with Crippen LogP contribution in [0.2, 0.25) is 0 Å². The summed E-state index contributed by atoms with van der Waals surface area (Å²) in [6.07, 6.45) is 2.31. The highest BCUT2D eigenvalue weighted by Gasteiger charge is 2.68. The van der Waals surface area contributed by atoms with Crippen molar-refractivity contribution in [3.05, 3.63) is 40.6 Å². The van der Waals surface area contributed by atoms with Crippen molar-refractivity contribution in [2.45, 2.75) is 18.0 Å². The molecule has 1 aromatic carbocycles. The number of thiophene rings is 1. The molecule has 0 spiro atoms. The zero-order chi connectivity index (χ0) is 23.2. The first kappa shape index (κ1) is 22.2. The van der Waals surface area contributed by atoms with Gasteiger partial charge in [0.25, 0.3) is 0 Å². The van der Waals surface area contributed by atoms with Crippen LogP contribution in [0.25, 0.3) is 0 Å². The number of hydrogen-bond donors (Lipinski definition) is 1. The molecule has 0 bridgehead atoms. The number of carbonyl (C=O) groups excluding carboxylic acids is 3. The molecule has 33 heavy (non-hydrogen) atoms. The van der Waals surface area contributed by atoms with E-state index in [1.165, 1.54) is 23.3 Å². The first-order valence-electron chi connectivity index (χ1n) is 10.7. The maximum atomic E-state index is 13.9. The Kier molecular flexibility index (Phi) is 5.84. The first-order chi connectivity index (χ1) is 16.0. The van der Waals surface area contributed by atoms with Crippen molar-refractivity contribution in [3.8, 4) is 11.5 Å². The number of benzene rings is 1. The highest BCUT2D eigenvalue weighted by molar-refractivity contribution is 7.98. The molecule has 2 aromatic rings. The molecule has 174 valence electrons. The quantitative estimate of drug-likeness (QED) is 0.490. The normalized spacial score (nSPS) is 28.2. The standard InChI is InChI=1S/C23H24N2O6S2/c1-29-22(28)23(7-11-32-2)18-17(19(24-23)16-4-3-10-33-16)20(26)25(21(18)27)13-5-6-14-15(12-13)31-9-8-30-14/h3-6,10,12,17-19,24H,7-9,11H2,1-2H3/t17-,18-,19+,23+/m0/s1. The second-order valence-electron chi connectivity index (χ2n) is 8.19. The molecule has 8 nitrogen and oxygen atoms in total. The van der Waals surface area contributed by atoms with Crippen molar-refractivity contribution in [2.75, 3.05) is 37.2 Å².